The van der Waals surface area contributed by atoms with E-state index in [1.807, 2.05) is 6.92 Å². The molecule has 0 aliphatic heterocycles. The van der Waals surface area contributed by atoms with Gasteiger partial charge in [-0.25, -0.2) is 9.78 Å². The van der Waals surface area contributed by atoms with E-state index in [1.165, 1.54) is 11.3 Å². The summed E-state index contributed by atoms with van der Waals surface area (Å²) in [7, 11) is 0. The average Bonchev–Trinajstić information content (AvgIpc) is 2.58. The van der Waals surface area contributed by atoms with E-state index in [9.17, 15) is 4.79 Å². The van der Waals surface area contributed by atoms with Crippen LogP contribution in [0.3, 0.4) is 0 Å². The highest BCUT2D eigenvalue weighted by Crippen LogP contribution is 2.31. The first-order valence-electron chi connectivity index (χ1n) is 4.64. The van der Waals surface area contributed by atoms with Crippen LogP contribution in [0, 0.1) is 6.92 Å². The molecule has 2 aromatic rings. The Morgan fingerprint density at radius 2 is 2.00 bits per heavy atom. The van der Waals surface area contributed by atoms with E-state index < -0.39 is 5.97 Å². The molecule has 0 unspecified atom stereocenters. The molecule has 0 amide bonds. The van der Waals surface area contributed by atoms with Crippen molar-refractivity contribution in [1.82, 2.24) is 4.98 Å². The Balaban J connectivity index is 2.42. The summed E-state index contributed by atoms with van der Waals surface area (Å²) in [4.78, 5) is 15.8. The van der Waals surface area contributed by atoms with Gasteiger partial charge in [-0.15, -0.1) is 0 Å². The van der Waals surface area contributed by atoms with E-state index >= 15 is 0 Å². The lowest BCUT2D eigenvalue weighted by atomic mass is 10.1. The number of aromatic carboxylic acids is 1. The third kappa shape index (κ3) is 1.90. The van der Waals surface area contributed by atoms with Gasteiger partial charge in [0, 0.05) is 0 Å². The highest BCUT2D eigenvalue weighted by Gasteiger charge is 2.08. The molecule has 2 rings (SSSR count). The Kier molecular flexibility index (Phi) is 2.62. The summed E-state index contributed by atoms with van der Waals surface area (Å²) in [5.74, 6) is -0.924. The zero-order chi connectivity index (χ0) is 11.7. The lowest BCUT2D eigenvalue weighted by Crippen LogP contribution is -1.94. The molecule has 0 saturated carbocycles. The maximum Gasteiger partial charge on any atom is 0.335 e. The molecule has 1 aromatic carbocycles. The lowest BCUT2D eigenvalue weighted by molar-refractivity contribution is 0.0697. The number of carbonyl (C=O) groups is 1. The van der Waals surface area contributed by atoms with Crippen molar-refractivity contribution in [1.29, 1.82) is 0 Å². The molecule has 0 aliphatic carbocycles. The fourth-order valence-electron chi connectivity index (χ4n) is 1.45. The number of carboxylic acids is 1. The number of aryl methyl sites for hydroxylation is 1. The van der Waals surface area contributed by atoms with Crippen molar-refractivity contribution in [3.05, 3.63) is 35.5 Å². The monoisotopic (exact) mass is 234 g/mol. The molecule has 0 spiro atoms. The van der Waals surface area contributed by atoms with Crippen LogP contribution in [0.1, 0.15) is 16.1 Å². The van der Waals surface area contributed by atoms with Crippen LogP contribution in [0.25, 0.3) is 10.4 Å². The number of nitrogens with two attached hydrogens (primary N) is 1. The van der Waals surface area contributed by atoms with Crippen molar-refractivity contribution in [2.75, 3.05) is 5.73 Å². The zero-order valence-corrected chi connectivity index (χ0v) is 9.41. The minimum atomic E-state index is -0.924. The SMILES string of the molecule is Cc1nc(N)sc1-c1ccc(C(=O)O)cc1. The first-order valence-corrected chi connectivity index (χ1v) is 5.46. The van der Waals surface area contributed by atoms with Gasteiger partial charge in [0.05, 0.1) is 16.1 Å². The molecule has 16 heavy (non-hydrogen) atoms. The summed E-state index contributed by atoms with van der Waals surface area (Å²) < 4.78 is 0. The maximum atomic E-state index is 10.7. The van der Waals surface area contributed by atoms with E-state index in [4.69, 9.17) is 10.8 Å². The van der Waals surface area contributed by atoms with E-state index in [2.05, 4.69) is 4.98 Å². The second-order valence-corrected chi connectivity index (χ2v) is 4.38. The number of aromatic nitrogens is 1. The van der Waals surface area contributed by atoms with Gasteiger partial charge in [-0.3, -0.25) is 0 Å². The van der Waals surface area contributed by atoms with Gasteiger partial charge in [-0.2, -0.15) is 0 Å². The quantitative estimate of drug-likeness (QED) is 0.836. The highest BCUT2D eigenvalue weighted by molar-refractivity contribution is 7.18. The summed E-state index contributed by atoms with van der Waals surface area (Å²) in [5.41, 5.74) is 7.69. The third-order valence-corrected chi connectivity index (χ3v) is 3.24. The van der Waals surface area contributed by atoms with E-state index in [0.717, 1.165) is 16.1 Å². The van der Waals surface area contributed by atoms with Gasteiger partial charge in [-0.05, 0) is 24.6 Å². The van der Waals surface area contributed by atoms with Crippen LogP contribution in [-0.4, -0.2) is 16.1 Å². The van der Waals surface area contributed by atoms with E-state index in [0.29, 0.717) is 5.13 Å². The van der Waals surface area contributed by atoms with Crippen molar-refractivity contribution in [3.8, 4) is 10.4 Å². The molecule has 82 valence electrons. The van der Waals surface area contributed by atoms with Gasteiger partial charge < -0.3 is 10.8 Å². The van der Waals surface area contributed by atoms with Gasteiger partial charge in [0.2, 0.25) is 0 Å². The van der Waals surface area contributed by atoms with E-state index in [-0.39, 0.29) is 5.56 Å². The molecule has 0 atom stereocenters. The Hall–Kier alpha value is -1.88. The molecule has 0 aliphatic rings. The predicted molar refractivity (Wildman–Crippen MR) is 63.7 cm³/mol. The number of carboxylic acid groups (broad SMARTS) is 1. The minimum Gasteiger partial charge on any atom is -0.478 e. The predicted octanol–water partition coefficient (Wildman–Crippen LogP) is 2.40. The topological polar surface area (TPSA) is 76.2 Å². The van der Waals surface area contributed by atoms with Gasteiger partial charge in [0.25, 0.3) is 0 Å². The number of hydrogen-bond acceptors (Lipinski definition) is 4. The standard InChI is InChI=1S/C11H10N2O2S/c1-6-9(16-11(12)13-6)7-2-4-8(5-3-7)10(14)15/h2-5H,1H3,(H2,12,13)(H,14,15). The number of anilines is 1. The van der Waals surface area contributed by atoms with E-state index in [1.54, 1.807) is 24.3 Å². The molecular formula is C11H10N2O2S. The van der Waals surface area contributed by atoms with Crippen molar-refractivity contribution in [2.45, 2.75) is 6.92 Å². The molecule has 5 heteroatoms. The van der Waals surface area contributed by atoms with Gasteiger partial charge in [-0.1, -0.05) is 23.5 Å². The molecule has 4 nitrogen and oxygen atoms in total. The zero-order valence-electron chi connectivity index (χ0n) is 8.60. The van der Waals surface area contributed by atoms with Crippen molar-refractivity contribution in [3.63, 3.8) is 0 Å². The summed E-state index contributed by atoms with van der Waals surface area (Å²) in [6.45, 7) is 1.88. The summed E-state index contributed by atoms with van der Waals surface area (Å²) in [6.07, 6.45) is 0. The number of rotatable bonds is 2. The number of benzene rings is 1. The Bertz CT molecular complexity index is 531. The molecule has 0 fully saturated rings. The summed E-state index contributed by atoms with van der Waals surface area (Å²) in [5, 5.41) is 9.30. The van der Waals surface area contributed by atoms with Crippen LogP contribution < -0.4 is 5.73 Å². The fourth-order valence-corrected chi connectivity index (χ4v) is 2.29. The Labute approximate surface area is 96.4 Å². The molecule has 1 aromatic heterocycles. The number of nitrogens with zero attached hydrogens (tertiary/aromatic N) is 1. The molecule has 1 heterocycles. The maximum absolute atomic E-state index is 10.7. The van der Waals surface area contributed by atoms with Gasteiger partial charge >= 0.3 is 5.97 Å². The Morgan fingerprint density at radius 1 is 1.38 bits per heavy atom. The third-order valence-electron chi connectivity index (χ3n) is 2.21. The molecular weight excluding hydrogens is 224 g/mol. The van der Waals surface area contributed by atoms with Crippen molar-refractivity contribution < 1.29 is 9.90 Å². The minimum absolute atomic E-state index is 0.277. The molecule has 0 radical (unpaired) electrons. The molecule has 3 N–H and O–H groups in total. The lowest BCUT2D eigenvalue weighted by Gasteiger charge is -1.99. The molecule has 0 saturated heterocycles. The Morgan fingerprint density at radius 3 is 2.44 bits per heavy atom. The van der Waals surface area contributed by atoms with Gasteiger partial charge in [0.15, 0.2) is 5.13 Å². The number of hydrogen-bond donors (Lipinski definition) is 2. The number of nitrogen functional groups attached to an aromatic ring is 1. The van der Waals surface area contributed by atoms with Gasteiger partial charge in [0.1, 0.15) is 0 Å². The van der Waals surface area contributed by atoms with Crippen LogP contribution in [0.2, 0.25) is 0 Å². The van der Waals surface area contributed by atoms with Crippen LogP contribution in [0.4, 0.5) is 5.13 Å². The fraction of sp³-hybridized carbons (Fsp3) is 0.0909. The summed E-state index contributed by atoms with van der Waals surface area (Å²) in [6, 6.07) is 6.69. The average molecular weight is 234 g/mol. The first-order chi connectivity index (χ1) is 7.58. The van der Waals surface area contributed by atoms with Crippen molar-refractivity contribution in [2.24, 2.45) is 0 Å². The van der Waals surface area contributed by atoms with Crippen LogP contribution >= 0.6 is 11.3 Å². The van der Waals surface area contributed by atoms with Crippen LogP contribution in [-0.2, 0) is 0 Å². The number of thiazole rings is 1. The largest absolute Gasteiger partial charge is 0.478 e. The van der Waals surface area contributed by atoms with Crippen LogP contribution in [0.15, 0.2) is 24.3 Å². The first kappa shape index (κ1) is 10.6. The van der Waals surface area contributed by atoms with Crippen molar-refractivity contribution >= 4 is 22.4 Å². The van der Waals surface area contributed by atoms with Crippen LogP contribution in [0.5, 0.6) is 0 Å². The normalized spacial score (nSPS) is 10.3. The highest BCUT2D eigenvalue weighted by atomic mass is 32.1. The smallest absolute Gasteiger partial charge is 0.335 e. The second kappa shape index (κ2) is 3.94. The molecule has 0 bridgehead atoms. The second-order valence-electron chi connectivity index (χ2n) is 3.35. The summed E-state index contributed by atoms with van der Waals surface area (Å²) >= 11 is 1.40.